The molecule has 6 rings (SSSR count). The van der Waals surface area contributed by atoms with Crippen molar-refractivity contribution in [3.8, 4) is 28.1 Å². The van der Waals surface area contributed by atoms with Crippen LogP contribution in [0.25, 0.3) is 33.6 Å². The first kappa shape index (κ1) is 24.9. The molecule has 6 nitrogen and oxygen atoms in total. The lowest BCUT2D eigenvalue weighted by Gasteiger charge is -2.14. The van der Waals surface area contributed by atoms with Gasteiger partial charge >= 0.3 is 0 Å². The maximum Gasteiger partial charge on any atom is 0.280 e. The molecule has 1 N–H and O–H groups in total. The highest BCUT2D eigenvalue weighted by Gasteiger charge is 2.24. The zero-order chi connectivity index (χ0) is 26.6. The number of methoxy groups -OCH3 is 1. The minimum atomic E-state index is -0.150. The van der Waals surface area contributed by atoms with Crippen molar-refractivity contribution in [2.75, 3.05) is 7.11 Å². The van der Waals surface area contributed by atoms with Crippen molar-refractivity contribution < 1.29 is 9.47 Å². The van der Waals surface area contributed by atoms with Crippen LogP contribution in [-0.4, -0.2) is 21.7 Å². The molecule has 0 saturated carbocycles. The zero-order valence-electron chi connectivity index (χ0n) is 22.0. The van der Waals surface area contributed by atoms with Crippen LogP contribution in [0, 0.1) is 0 Å². The van der Waals surface area contributed by atoms with Crippen LogP contribution < -0.4 is 10.3 Å². The van der Waals surface area contributed by atoms with Crippen LogP contribution in [0.15, 0.2) is 95.8 Å². The molecule has 0 fully saturated rings. The first-order valence-electron chi connectivity index (χ1n) is 13.4. The largest absolute Gasteiger partial charge is 0.497 e. The van der Waals surface area contributed by atoms with Gasteiger partial charge in [-0.05, 0) is 54.5 Å². The van der Waals surface area contributed by atoms with E-state index in [0.717, 1.165) is 53.0 Å². The normalized spacial score (nSPS) is 13.4. The number of nitrogens with one attached hydrogen (secondary N) is 1. The molecule has 0 saturated heterocycles. The predicted octanol–water partition coefficient (Wildman–Crippen LogP) is 7.04. The second-order valence-corrected chi connectivity index (χ2v) is 9.81. The number of fused-ring (bicyclic) bond motifs is 1. The molecule has 0 bridgehead atoms. The zero-order valence-corrected chi connectivity index (χ0v) is 22.0. The summed E-state index contributed by atoms with van der Waals surface area (Å²) in [5, 5.41) is 3.42. The van der Waals surface area contributed by atoms with Crippen molar-refractivity contribution in [1.82, 2.24) is 14.6 Å². The molecule has 0 amide bonds. The summed E-state index contributed by atoms with van der Waals surface area (Å²) in [6, 6.07) is 27.7. The monoisotopic (exact) mass is 517 g/mol. The molecule has 0 aliphatic heterocycles. The van der Waals surface area contributed by atoms with Crippen molar-refractivity contribution in [3.63, 3.8) is 0 Å². The summed E-state index contributed by atoms with van der Waals surface area (Å²) < 4.78 is 13.1. The van der Waals surface area contributed by atoms with Gasteiger partial charge in [-0.1, -0.05) is 78.9 Å². The molecule has 39 heavy (non-hydrogen) atoms. The molecule has 0 atom stereocenters. The van der Waals surface area contributed by atoms with Crippen LogP contribution in [0.4, 0.5) is 0 Å². The van der Waals surface area contributed by atoms with Gasteiger partial charge in [-0.25, -0.2) is 4.98 Å². The number of aromatic nitrogens is 3. The Bertz CT molecular complexity index is 1670. The SMILES string of the molecule is COc1ccc(-c2c(COCc3ccccc3)nc3c(C4=CCCCC4)c(-c4ccccc4)[nH]n3c2=O)cc1. The number of H-pyrrole nitrogens is 1. The van der Waals surface area contributed by atoms with Gasteiger partial charge in [0, 0.05) is 11.1 Å². The van der Waals surface area contributed by atoms with Crippen LogP contribution in [-0.2, 0) is 18.0 Å². The van der Waals surface area contributed by atoms with E-state index >= 15 is 0 Å². The third-order valence-corrected chi connectivity index (χ3v) is 7.26. The van der Waals surface area contributed by atoms with Crippen LogP contribution in [0.1, 0.15) is 42.5 Å². The summed E-state index contributed by atoms with van der Waals surface area (Å²) in [7, 11) is 1.63. The molecular weight excluding hydrogens is 486 g/mol. The van der Waals surface area contributed by atoms with E-state index in [1.54, 1.807) is 11.6 Å². The Balaban J connectivity index is 1.54. The Hall–Kier alpha value is -4.42. The molecule has 1 aliphatic rings. The molecule has 2 aromatic heterocycles. The Labute approximate surface area is 227 Å². The van der Waals surface area contributed by atoms with Crippen molar-refractivity contribution >= 4 is 11.2 Å². The summed E-state index contributed by atoms with van der Waals surface area (Å²) in [5.74, 6) is 0.729. The van der Waals surface area contributed by atoms with Gasteiger partial charge < -0.3 is 9.47 Å². The minimum absolute atomic E-state index is 0.150. The van der Waals surface area contributed by atoms with Gasteiger partial charge in [0.15, 0.2) is 5.65 Å². The molecule has 0 spiro atoms. The minimum Gasteiger partial charge on any atom is -0.497 e. The number of benzene rings is 3. The van der Waals surface area contributed by atoms with Crippen molar-refractivity contribution in [2.45, 2.75) is 38.9 Å². The summed E-state index contributed by atoms with van der Waals surface area (Å²) in [4.78, 5) is 19.3. The van der Waals surface area contributed by atoms with Gasteiger partial charge in [-0.3, -0.25) is 9.89 Å². The quantitative estimate of drug-likeness (QED) is 0.240. The highest BCUT2D eigenvalue weighted by atomic mass is 16.5. The van der Waals surface area contributed by atoms with Gasteiger partial charge in [0.1, 0.15) is 5.75 Å². The maximum atomic E-state index is 14.2. The highest BCUT2D eigenvalue weighted by molar-refractivity contribution is 5.88. The van der Waals surface area contributed by atoms with E-state index in [4.69, 9.17) is 14.5 Å². The smallest absolute Gasteiger partial charge is 0.280 e. The van der Waals surface area contributed by atoms with E-state index in [1.165, 1.54) is 12.0 Å². The number of hydrogen-bond donors (Lipinski definition) is 1. The van der Waals surface area contributed by atoms with E-state index < -0.39 is 0 Å². The van der Waals surface area contributed by atoms with Gasteiger partial charge in [-0.2, -0.15) is 4.52 Å². The molecule has 2 heterocycles. The lowest BCUT2D eigenvalue weighted by atomic mass is 9.92. The number of nitrogens with zero attached hydrogens (tertiary/aromatic N) is 2. The third kappa shape index (κ3) is 5.03. The van der Waals surface area contributed by atoms with Crippen LogP contribution in [0.3, 0.4) is 0 Å². The van der Waals surface area contributed by atoms with E-state index in [2.05, 4.69) is 23.3 Å². The Morgan fingerprint density at radius 1 is 0.846 bits per heavy atom. The fraction of sp³-hybridized carbons (Fsp3) is 0.212. The Kier molecular flexibility index (Phi) is 7.11. The van der Waals surface area contributed by atoms with E-state index in [-0.39, 0.29) is 12.2 Å². The second kappa shape index (κ2) is 11.1. The Morgan fingerprint density at radius 3 is 2.28 bits per heavy atom. The van der Waals surface area contributed by atoms with E-state index in [9.17, 15) is 4.79 Å². The summed E-state index contributed by atoms with van der Waals surface area (Å²) >= 11 is 0. The first-order chi connectivity index (χ1) is 19.2. The van der Waals surface area contributed by atoms with Crippen molar-refractivity contribution in [2.24, 2.45) is 0 Å². The third-order valence-electron chi connectivity index (χ3n) is 7.26. The molecule has 3 aromatic carbocycles. The number of allylic oxidation sites excluding steroid dienone is 2. The highest BCUT2D eigenvalue weighted by Crippen LogP contribution is 2.36. The summed E-state index contributed by atoms with van der Waals surface area (Å²) in [6.07, 6.45) is 6.60. The lowest BCUT2D eigenvalue weighted by molar-refractivity contribution is 0.105. The van der Waals surface area contributed by atoms with Gasteiger partial charge in [0.25, 0.3) is 5.56 Å². The predicted molar refractivity (Wildman–Crippen MR) is 155 cm³/mol. The van der Waals surface area contributed by atoms with Gasteiger partial charge in [0.05, 0.1) is 37.3 Å². The molecule has 0 unspecified atom stereocenters. The average Bonchev–Trinajstić information content (AvgIpc) is 3.39. The number of ether oxygens (including phenoxy) is 2. The van der Waals surface area contributed by atoms with Gasteiger partial charge in [0.2, 0.25) is 0 Å². The van der Waals surface area contributed by atoms with Crippen molar-refractivity contribution in [3.05, 3.63) is 118 Å². The number of hydrogen-bond acceptors (Lipinski definition) is 4. The maximum absolute atomic E-state index is 14.2. The second-order valence-electron chi connectivity index (χ2n) is 9.81. The van der Waals surface area contributed by atoms with Gasteiger partial charge in [-0.15, -0.1) is 0 Å². The fourth-order valence-corrected chi connectivity index (χ4v) is 5.29. The molecule has 196 valence electrons. The number of aromatic amines is 1. The fourth-order valence-electron chi connectivity index (χ4n) is 5.29. The van der Waals surface area contributed by atoms with E-state index in [0.29, 0.717) is 23.5 Å². The molecular formula is C33H31N3O3. The topological polar surface area (TPSA) is 68.6 Å². The lowest BCUT2D eigenvalue weighted by Crippen LogP contribution is -2.21. The van der Waals surface area contributed by atoms with E-state index in [1.807, 2.05) is 72.8 Å². The summed E-state index contributed by atoms with van der Waals surface area (Å²) in [6.45, 7) is 0.649. The first-order valence-corrected chi connectivity index (χ1v) is 13.4. The molecule has 0 radical (unpaired) electrons. The molecule has 6 heteroatoms. The number of rotatable bonds is 8. The average molecular weight is 518 g/mol. The molecule has 5 aromatic rings. The van der Waals surface area contributed by atoms with Crippen molar-refractivity contribution in [1.29, 1.82) is 0 Å². The standard InChI is InChI=1S/C33H31N3O3/c1-38-27-19-17-25(18-20-27)29-28(22-39-21-23-11-5-2-6-12-23)34-32-30(24-13-7-3-8-14-24)31(35-36(32)33(29)37)26-15-9-4-10-16-26/h2,4-6,9-13,15-20,35H,3,7-8,14,21-22H2,1H3. The van der Waals surface area contributed by atoms with Crippen LogP contribution in [0.2, 0.25) is 0 Å². The van der Waals surface area contributed by atoms with Crippen LogP contribution in [0.5, 0.6) is 5.75 Å². The van der Waals surface area contributed by atoms with Crippen LogP contribution >= 0.6 is 0 Å². The molecule has 1 aliphatic carbocycles. The summed E-state index contributed by atoms with van der Waals surface area (Å²) in [5.41, 5.74) is 7.66. The Morgan fingerprint density at radius 2 is 1.59 bits per heavy atom.